The average Bonchev–Trinajstić information content (AvgIpc) is 3.41. The monoisotopic (exact) mass is 493 g/mol. The third-order valence-corrected chi connectivity index (χ3v) is 7.50. The summed E-state index contributed by atoms with van der Waals surface area (Å²) in [6.45, 7) is 5.36. The zero-order valence-electron chi connectivity index (χ0n) is 20.6. The Morgan fingerprint density at radius 3 is 2.86 bits per heavy atom. The number of aryl methyl sites for hydroxylation is 1. The Bertz CT molecular complexity index is 1250. The first-order chi connectivity index (χ1) is 16.9. The summed E-state index contributed by atoms with van der Waals surface area (Å²) in [4.78, 5) is 37.3. The highest BCUT2D eigenvalue weighted by molar-refractivity contribution is 7.16. The first kappa shape index (κ1) is 24.7. The van der Waals surface area contributed by atoms with Crippen molar-refractivity contribution in [1.82, 2.24) is 14.5 Å². The van der Waals surface area contributed by atoms with Crippen molar-refractivity contribution in [1.29, 1.82) is 0 Å². The SMILES string of the molecule is CN=Cc1c(NC(=O)CC(C)c2ccccc2OC)sc2c1CCN(C(=O)Cn1ccnc1C)C2. The van der Waals surface area contributed by atoms with Gasteiger partial charge >= 0.3 is 0 Å². The van der Waals surface area contributed by atoms with Crippen LogP contribution in [0.3, 0.4) is 0 Å². The maximum Gasteiger partial charge on any atom is 0.242 e. The maximum atomic E-state index is 13.0. The molecule has 0 spiro atoms. The number of carbonyl (C=O) groups is 2. The van der Waals surface area contributed by atoms with Crippen LogP contribution in [0.4, 0.5) is 5.00 Å². The standard InChI is InChI=1S/C26H31N5O3S/c1-17(19-7-5-6-8-22(19)34-4)13-24(32)29-26-21(14-27-3)20-9-11-31(15-23(20)35-26)25(33)16-30-12-10-28-18(30)2/h5-8,10,12,14,17H,9,11,13,15-16H2,1-4H3,(H,29,32). The summed E-state index contributed by atoms with van der Waals surface area (Å²) in [6.07, 6.45) is 6.40. The van der Waals surface area contributed by atoms with Gasteiger partial charge in [-0.05, 0) is 36.5 Å². The van der Waals surface area contributed by atoms with E-state index < -0.39 is 0 Å². The predicted molar refractivity (Wildman–Crippen MR) is 139 cm³/mol. The lowest BCUT2D eigenvalue weighted by Crippen LogP contribution is -2.37. The molecule has 0 radical (unpaired) electrons. The van der Waals surface area contributed by atoms with Gasteiger partial charge in [-0.2, -0.15) is 0 Å². The van der Waals surface area contributed by atoms with Gasteiger partial charge in [0.25, 0.3) is 0 Å². The molecule has 3 heterocycles. The summed E-state index contributed by atoms with van der Waals surface area (Å²) in [5, 5.41) is 3.90. The number of methoxy groups -OCH3 is 1. The normalized spacial score (nSPS) is 14.1. The molecule has 0 saturated carbocycles. The van der Waals surface area contributed by atoms with Gasteiger partial charge < -0.3 is 19.5 Å². The molecule has 1 aliphatic heterocycles. The number of imidazole rings is 1. The number of hydrogen-bond donors (Lipinski definition) is 1. The number of nitrogens with one attached hydrogen (secondary N) is 1. The molecule has 1 aliphatic rings. The van der Waals surface area contributed by atoms with Crippen molar-refractivity contribution in [3.63, 3.8) is 0 Å². The molecule has 35 heavy (non-hydrogen) atoms. The fraction of sp³-hybridized carbons (Fsp3) is 0.385. The van der Waals surface area contributed by atoms with Crippen molar-refractivity contribution in [3.8, 4) is 5.75 Å². The smallest absolute Gasteiger partial charge is 0.242 e. The number of nitrogens with zero attached hydrogens (tertiary/aromatic N) is 4. The lowest BCUT2D eigenvalue weighted by molar-refractivity contribution is -0.132. The van der Waals surface area contributed by atoms with Gasteiger partial charge in [0, 0.05) is 49.1 Å². The van der Waals surface area contributed by atoms with Gasteiger partial charge in [-0.1, -0.05) is 25.1 Å². The number of hydrogen-bond acceptors (Lipinski definition) is 6. The van der Waals surface area contributed by atoms with E-state index in [1.807, 2.05) is 53.8 Å². The minimum atomic E-state index is -0.0590. The lowest BCUT2D eigenvalue weighted by Gasteiger charge is -2.27. The zero-order valence-corrected chi connectivity index (χ0v) is 21.4. The van der Waals surface area contributed by atoms with E-state index >= 15 is 0 Å². The minimum Gasteiger partial charge on any atom is -0.496 e. The number of fused-ring (bicyclic) bond motifs is 1. The molecule has 2 aromatic heterocycles. The Morgan fingerprint density at radius 2 is 2.14 bits per heavy atom. The fourth-order valence-electron chi connectivity index (χ4n) is 4.46. The van der Waals surface area contributed by atoms with Gasteiger partial charge in [0.05, 0.1) is 13.7 Å². The Hall–Kier alpha value is -3.46. The molecule has 1 aromatic carbocycles. The quantitative estimate of drug-likeness (QED) is 0.480. The first-order valence-corrected chi connectivity index (χ1v) is 12.5. The number of thiophene rings is 1. The van der Waals surface area contributed by atoms with Gasteiger partial charge in [0.15, 0.2) is 0 Å². The van der Waals surface area contributed by atoms with Crippen LogP contribution in [0, 0.1) is 6.92 Å². The van der Waals surface area contributed by atoms with E-state index in [2.05, 4.69) is 15.3 Å². The second-order valence-electron chi connectivity index (χ2n) is 8.70. The minimum absolute atomic E-state index is 0.00350. The molecular formula is C26H31N5O3S. The van der Waals surface area contributed by atoms with Gasteiger partial charge in [-0.25, -0.2) is 4.98 Å². The molecule has 3 aromatic rings. The third kappa shape index (κ3) is 5.45. The molecule has 2 amide bonds. The second kappa shape index (κ2) is 10.9. The van der Waals surface area contributed by atoms with Gasteiger partial charge in [-0.15, -0.1) is 11.3 Å². The van der Waals surface area contributed by atoms with Crippen LogP contribution >= 0.6 is 11.3 Å². The highest BCUT2D eigenvalue weighted by Crippen LogP contribution is 2.37. The number of anilines is 1. The summed E-state index contributed by atoms with van der Waals surface area (Å²) < 4.78 is 7.31. The Morgan fingerprint density at radius 1 is 1.34 bits per heavy atom. The summed E-state index contributed by atoms with van der Waals surface area (Å²) in [5.74, 6) is 1.61. The molecule has 0 aliphatic carbocycles. The van der Waals surface area contributed by atoms with Crippen LogP contribution in [-0.4, -0.2) is 53.2 Å². The summed E-state index contributed by atoms with van der Waals surface area (Å²) >= 11 is 1.53. The summed E-state index contributed by atoms with van der Waals surface area (Å²) in [5.41, 5.74) is 3.12. The molecule has 4 rings (SSSR count). The average molecular weight is 494 g/mol. The van der Waals surface area contributed by atoms with Crippen molar-refractivity contribution in [2.75, 3.05) is 26.0 Å². The maximum absolute atomic E-state index is 13.0. The van der Waals surface area contributed by atoms with Crippen LogP contribution in [0.2, 0.25) is 0 Å². The fourth-order valence-corrected chi connectivity index (χ4v) is 5.71. The summed E-state index contributed by atoms with van der Waals surface area (Å²) in [7, 11) is 3.37. The number of aliphatic imine (C=N–C) groups is 1. The number of ether oxygens (including phenoxy) is 1. The van der Waals surface area contributed by atoms with Gasteiger partial charge in [0.2, 0.25) is 11.8 Å². The molecule has 0 bridgehead atoms. The third-order valence-electron chi connectivity index (χ3n) is 6.35. The molecular weight excluding hydrogens is 462 g/mol. The largest absolute Gasteiger partial charge is 0.496 e. The number of para-hydroxylation sites is 1. The van der Waals surface area contributed by atoms with E-state index in [0.717, 1.165) is 44.6 Å². The van der Waals surface area contributed by atoms with E-state index in [1.165, 1.54) is 11.3 Å². The van der Waals surface area contributed by atoms with Crippen molar-refractivity contribution in [2.24, 2.45) is 4.99 Å². The lowest BCUT2D eigenvalue weighted by atomic mass is 9.96. The Labute approximate surface area is 209 Å². The molecule has 1 atom stereocenters. The number of aromatic nitrogens is 2. The molecule has 0 saturated heterocycles. The van der Waals surface area contributed by atoms with Crippen LogP contribution in [0.5, 0.6) is 5.75 Å². The van der Waals surface area contributed by atoms with E-state index in [9.17, 15) is 9.59 Å². The molecule has 184 valence electrons. The van der Waals surface area contributed by atoms with Gasteiger partial charge in [-0.3, -0.25) is 14.6 Å². The molecule has 1 N–H and O–H groups in total. The molecule has 1 unspecified atom stereocenters. The van der Waals surface area contributed by atoms with E-state index in [-0.39, 0.29) is 24.3 Å². The number of benzene rings is 1. The van der Waals surface area contributed by atoms with Crippen LogP contribution in [0.1, 0.15) is 46.7 Å². The van der Waals surface area contributed by atoms with Crippen LogP contribution in [0.25, 0.3) is 0 Å². The predicted octanol–water partition coefficient (Wildman–Crippen LogP) is 4.03. The van der Waals surface area contributed by atoms with Crippen LogP contribution < -0.4 is 10.1 Å². The van der Waals surface area contributed by atoms with E-state index in [1.54, 1.807) is 26.6 Å². The highest BCUT2D eigenvalue weighted by Gasteiger charge is 2.27. The van der Waals surface area contributed by atoms with Crippen molar-refractivity contribution in [3.05, 3.63) is 64.1 Å². The zero-order chi connectivity index (χ0) is 24.9. The number of carbonyl (C=O) groups excluding carboxylic acids is 2. The molecule has 0 fully saturated rings. The van der Waals surface area contributed by atoms with Crippen molar-refractivity contribution >= 4 is 34.4 Å². The Kier molecular flexibility index (Phi) is 7.65. The summed E-state index contributed by atoms with van der Waals surface area (Å²) in [6, 6.07) is 7.78. The van der Waals surface area contributed by atoms with Crippen LogP contribution in [0.15, 0.2) is 41.7 Å². The van der Waals surface area contributed by atoms with E-state index in [4.69, 9.17) is 4.74 Å². The Balaban J connectivity index is 1.47. The second-order valence-corrected chi connectivity index (χ2v) is 9.80. The highest BCUT2D eigenvalue weighted by atomic mass is 32.1. The van der Waals surface area contributed by atoms with Crippen molar-refractivity contribution in [2.45, 2.75) is 45.7 Å². The first-order valence-electron chi connectivity index (χ1n) is 11.7. The van der Waals surface area contributed by atoms with Crippen LogP contribution in [-0.2, 0) is 29.1 Å². The number of amides is 2. The topological polar surface area (TPSA) is 88.8 Å². The molecule has 8 nitrogen and oxygen atoms in total. The van der Waals surface area contributed by atoms with Crippen molar-refractivity contribution < 1.29 is 14.3 Å². The number of rotatable bonds is 8. The molecule has 9 heteroatoms. The van der Waals surface area contributed by atoms with E-state index in [0.29, 0.717) is 19.5 Å². The van der Waals surface area contributed by atoms with Gasteiger partial charge in [0.1, 0.15) is 23.1 Å².